The first kappa shape index (κ1) is 16.1. The number of methoxy groups -OCH3 is 1. The second-order valence-corrected chi connectivity index (χ2v) is 5.01. The van der Waals surface area contributed by atoms with Crippen LogP contribution in [-0.4, -0.2) is 53.2 Å². The van der Waals surface area contributed by atoms with Gasteiger partial charge in [-0.25, -0.2) is 0 Å². The molecule has 0 aliphatic carbocycles. The summed E-state index contributed by atoms with van der Waals surface area (Å²) in [6.45, 7) is 6.08. The highest BCUT2D eigenvalue weighted by Crippen LogP contribution is 2.17. The Hall–Kier alpha value is -0.910. The van der Waals surface area contributed by atoms with Crippen LogP contribution in [0.4, 0.5) is 0 Å². The average molecular weight is 269 g/mol. The largest absolute Gasteiger partial charge is 0.389 e. The van der Waals surface area contributed by atoms with Gasteiger partial charge in [0.25, 0.3) is 0 Å². The van der Waals surface area contributed by atoms with Gasteiger partial charge in [0, 0.05) is 38.5 Å². The van der Waals surface area contributed by atoms with E-state index in [1.165, 1.54) is 11.3 Å². The van der Waals surface area contributed by atoms with E-state index in [-0.39, 0.29) is 0 Å². The molecule has 0 spiro atoms. The van der Waals surface area contributed by atoms with Gasteiger partial charge >= 0.3 is 0 Å². The maximum absolute atomic E-state index is 9.77. The first-order valence-corrected chi connectivity index (χ1v) is 6.92. The summed E-state index contributed by atoms with van der Waals surface area (Å²) in [6.07, 6.45) is 1.48. The van der Waals surface area contributed by atoms with Crippen molar-refractivity contribution in [2.45, 2.75) is 39.3 Å². The molecule has 1 aromatic rings. The molecular formula is C14H27N3O2. The Morgan fingerprint density at radius 2 is 2.05 bits per heavy atom. The molecule has 0 radical (unpaired) electrons. The normalized spacial score (nSPS) is 13.2. The molecule has 0 bridgehead atoms. The van der Waals surface area contributed by atoms with Crippen LogP contribution in [0.3, 0.4) is 0 Å². The Morgan fingerprint density at radius 1 is 1.37 bits per heavy atom. The van der Waals surface area contributed by atoms with Crippen LogP contribution in [-0.2, 0) is 31.2 Å². The van der Waals surface area contributed by atoms with Crippen molar-refractivity contribution < 1.29 is 9.84 Å². The summed E-state index contributed by atoms with van der Waals surface area (Å²) >= 11 is 0. The van der Waals surface area contributed by atoms with Gasteiger partial charge in [0.1, 0.15) is 0 Å². The molecule has 0 saturated carbocycles. The van der Waals surface area contributed by atoms with Crippen molar-refractivity contribution in [3.8, 4) is 0 Å². The lowest BCUT2D eigenvalue weighted by Crippen LogP contribution is -2.32. The van der Waals surface area contributed by atoms with Gasteiger partial charge in [-0.3, -0.25) is 9.58 Å². The van der Waals surface area contributed by atoms with E-state index in [0.717, 1.165) is 25.1 Å². The molecular weight excluding hydrogens is 242 g/mol. The van der Waals surface area contributed by atoms with Crippen molar-refractivity contribution in [2.24, 2.45) is 7.05 Å². The molecule has 1 N–H and O–H groups in total. The third kappa shape index (κ3) is 4.30. The topological polar surface area (TPSA) is 50.5 Å². The Morgan fingerprint density at radius 3 is 2.58 bits per heavy atom. The summed E-state index contributed by atoms with van der Waals surface area (Å²) in [5.74, 6) is 0. The first-order valence-electron chi connectivity index (χ1n) is 6.92. The standard InChI is InChI=1S/C14H27N3O2/c1-6-13-12(14(7-2)17(4)15-13)9-16(3)8-11(18)10-19-5/h11,18H,6-10H2,1-5H3. The summed E-state index contributed by atoms with van der Waals surface area (Å²) < 4.78 is 6.94. The SMILES string of the molecule is CCc1nn(C)c(CC)c1CN(C)CC(O)COC. The highest BCUT2D eigenvalue weighted by atomic mass is 16.5. The van der Waals surface area contributed by atoms with Gasteiger partial charge in [-0.15, -0.1) is 0 Å². The Labute approximate surface area is 116 Å². The summed E-state index contributed by atoms with van der Waals surface area (Å²) in [4.78, 5) is 2.12. The van der Waals surface area contributed by atoms with Crippen molar-refractivity contribution in [1.82, 2.24) is 14.7 Å². The monoisotopic (exact) mass is 269 g/mol. The van der Waals surface area contributed by atoms with Crippen LogP contribution in [0, 0.1) is 0 Å². The molecule has 1 unspecified atom stereocenters. The van der Waals surface area contributed by atoms with Crippen molar-refractivity contribution >= 4 is 0 Å². The molecule has 1 aromatic heterocycles. The number of aliphatic hydroxyl groups is 1. The highest BCUT2D eigenvalue weighted by molar-refractivity contribution is 5.26. The second-order valence-electron chi connectivity index (χ2n) is 5.01. The molecule has 0 aromatic carbocycles. The maximum Gasteiger partial charge on any atom is 0.0900 e. The number of rotatable bonds is 8. The number of hydrogen-bond acceptors (Lipinski definition) is 4. The van der Waals surface area contributed by atoms with E-state index in [9.17, 15) is 5.11 Å². The number of ether oxygens (including phenoxy) is 1. The van der Waals surface area contributed by atoms with E-state index in [2.05, 4.69) is 23.8 Å². The molecule has 1 atom stereocenters. The summed E-state index contributed by atoms with van der Waals surface area (Å²) in [5, 5.41) is 14.3. The van der Waals surface area contributed by atoms with Crippen LogP contribution in [0.25, 0.3) is 0 Å². The summed E-state index contributed by atoms with van der Waals surface area (Å²) in [6, 6.07) is 0. The van der Waals surface area contributed by atoms with Gasteiger partial charge in [0.05, 0.1) is 18.4 Å². The molecule has 19 heavy (non-hydrogen) atoms. The van der Waals surface area contributed by atoms with E-state index in [1.54, 1.807) is 7.11 Å². The predicted molar refractivity (Wildman–Crippen MR) is 76.2 cm³/mol. The fraction of sp³-hybridized carbons (Fsp3) is 0.786. The third-order valence-electron chi connectivity index (χ3n) is 3.34. The van der Waals surface area contributed by atoms with Crippen LogP contribution >= 0.6 is 0 Å². The van der Waals surface area contributed by atoms with E-state index < -0.39 is 6.10 Å². The molecule has 0 aliphatic heterocycles. The van der Waals surface area contributed by atoms with Gasteiger partial charge in [-0.1, -0.05) is 13.8 Å². The number of hydrogen-bond donors (Lipinski definition) is 1. The van der Waals surface area contributed by atoms with Crippen molar-refractivity contribution in [3.05, 3.63) is 17.0 Å². The van der Waals surface area contributed by atoms with E-state index in [1.807, 2.05) is 18.8 Å². The minimum Gasteiger partial charge on any atom is -0.389 e. The zero-order valence-electron chi connectivity index (χ0n) is 12.8. The molecule has 1 rings (SSSR count). The Kier molecular flexibility index (Phi) is 6.48. The molecule has 5 heteroatoms. The lowest BCUT2D eigenvalue weighted by atomic mass is 10.1. The molecule has 110 valence electrons. The minimum absolute atomic E-state index is 0.374. The zero-order valence-corrected chi connectivity index (χ0v) is 12.8. The van der Waals surface area contributed by atoms with E-state index >= 15 is 0 Å². The molecule has 0 saturated heterocycles. The van der Waals surface area contributed by atoms with Crippen molar-refractivity contribution in [3.63, 3.8) is 0 Å². The number of nitrogens with zero attached hydrogens (tertiary/aromatic N) is 3. The fourth-order valence-corrected chi connectivity index (χ4v) is 2.51. The van der Waals surface area contributed by atoms with Gasteiger partial charge in [-0.2, -0.15) is 5.10 Å². The zero-order chi connectivity index (χ0) is 14.4. The molecule has 0 fully saturated rings. The van der Waals surface area contributed by atoms with E-state index in [4.69, 9.17) is 4.74 Å². The smallest absolute Gasteiger partial charge is 0.0900 e. The molecule has 1 heterocycles. The highest BCUT2D eigenvalue weighted by Gasteiger charge is 2.16. The summed E-state index contributed by atoms with van der Waals surface area (Å²) in [7, 11) is 5.63. The third-order valence-corrected chi connectivity index (χ3v) is 3.34. The van der Waals surface area contributed by atoms with Crippen LogP contribution in [0.5, 0.6) is 0 Å². The quantitative estimate of drug-likeness (QED) is 0.764. The second kappa shape index (κ2) is 7.62. The molecule has 0 amide bonds. The number of aliphatic hydroxyl groups excluding tert-OH is 1. The van der Waals surface area contributed by atoms with Gasteiger partial charge in [0.15, 0.2) is 0 Å². The molecule has 0 aliphatic rings. The number of likely N-dealkylation sites (N-methyl/N-ethyl adjacent to an activating group) is 1. The van der Waals surface area contributed by atoms with Crippen LogP contribution < -0.4 is 0 Å². The number of aromatic nitrogens is 2. The predicted octanol–water partition coefficient (Wildman–Crippen LogP) is 0.984. The van der Waals surface area contributed by atoms with Crippen LogP contribution in [0.1, 0.15) is 30.8 Å². The Balaban J connectivity index is 2.75. The van der Waals surface area contributed by atoms with Crippen molar-refractivity contribution in [2.75, 3.05) is 27.3 Å². The Bertz CT molecular complexity index is 390. The number of aryl methyl sites for hydroxylation is 2. The van der Waals surface area contributed by atoms with Crippen molar-refractivity contribution in [1.29, 1.82) is 0 Å². The minimum atomic E-state index is -0.443. The maximum atomic E-state index is 9.77. The molecule has 5 nitrogen and oxygen atoms in total. The average Bonchev–Trinajstić information content (AvgIpc) is 2.64. The van der Waals surface area contributed by atoms with Crippen LogP contribution in [0.15, 0.2) is 0 Å². The van der Waals surface area contributed by atoms with Crippen LogP contribution in [0.2, 0.25) is 0 Å². The fourth-order valence-electron chi connectivity index (χ4n) is 2.51. The summed E-state index contributed by atoms with van der Waals surface area (Å²) in [5.41, 5.74) is 3.75. The van der Waals surface area contributed by atoms with E-state index in [0.29, 0.717) is 13.2 Å². The van der Waals surface area contributed by atoms with Gasteiger partial charge in [0.2, 0.25) is 0 Å². The lowest BCUT2D eigenvalue weighted by molar-refractivity contribution is 0.0418. The first-order chi connectivity index (χ1) is 9.03. The lowest BCUT2D eigenvalue weighted by Gasteiger charge is -2.20. The van der Waals surface area contributed by atoms with Gasteiger partial charge in [-0.05, 0) is 19.9 Å². The van der Waals surface area contributed by atoms with Gasteiger partial charge < -0.3 is 9.84 Å².